The first-order valence-corrected chi connectivity index (χ1v) is 9.66. The lowest BCUT2D eigenvalue weighted by Crippen LogP contribution is -2.24. The number of rotatable bonds is 6. The second-order valence-electron chi connectivity index (χ2n) is 5.83. The Morgan fingerprint density at radius 2 is 1.50 bits per heavy atom. The molecule has 4 nitrogen and oxygen atoms in total. The molecule has 0 saturated carbocycles. The molecule has 2 aromatic rings. The zero-order chi connectivity index (χ0) is 19.4. The van der Waals surface area contributed by atoms with Gasteiger partial charge < -0.3 is 5.32 Å². The monoisotopic (exact) mass is 385 g/mol. The summed E-state index contributed by atoms with van der Waals surface area (Å²) < 4.78 is 61.7. The predicted molar refractivity (Wildman–Crippen MR) is 93.4 cm³/mol. The molecule has 0 atom stereocenters. The van der Waals surface area contributed by atoms with Crippen LogP contribution in [0.15, 0.2) is 48.5 Å². The van der Waals surface area contributed by atoms with Crippen molar-refractivity contribution in [1.29, 1.82) is 0 Å². The van der Waals surface area contributed by atoms with Crippen LogP contribution in [0.2, 0.25) is 0 Å². The van der Waals surface area contributed by atoms with Gasteiger partial charge in [-0.15, -0.1) is 0 Å². The molecular formula is C18H18F3NO3S. The van der Waals surface area contributed by atoms with Crippen LogP contribution < -0.4 is 5.32 Å². The average molecular weight is 385 g/mol. The predicted octanol–water partition coefficient (Wildman–Crippen LogP) is 3.82. The van der Waals surface area contributed by atoms with Crippen LogP contribution in [-0.2, 0) is 33.0 Å². The van der Waals surface area contributed by atoms with Gasteiger partial charge in [-0.3, -0.25) is 4.79 Å². The molecule has 140 valence electrons. The topological polar surface area (TPSA) is 63.2 Å². The van der Waals surface area contributed by atoms with Crippen molar-refractivity contribution >= 4 is 21.4 Å². The van der Waals surface area contributed by atoms with Gasteiger partial charge in [0.25, 0.3) is 0 Å². The van der Waals surface area contributed by atoms with Crippen LogP contribution in [0.3, 0.4) is 0 Å². The molecule has 0 unspecified atom stereocenters. The fourth-order valence-electron chi connectivity index (χ4n) is 2.32. The van der Waals surface area contributed by atoms with Gasteiger partial charge in [-0.1, -0.05) is 31.2 Å². The summed E-state index contributed by atoms with van der Waals surface area (Å²) in [6.07, 6.45) is -3.64. The Morgan fingerprint density at radius 3 is 2.00 bits per heavy atom. The highest BCUT2D eigenvalue weighted by atomic mass is 32.2. The number of sulfone groups is 1. The highest BCUT2D eigenvalue weighted by Gasteiger charge is 2.30. The first-order chi connectivity index (χ1) is 12.1. The van der Waals surface area contributed by atoms with Gasteiger partial charge >= 0.3 is 6.18 Å². The second kappa shape index (κ2) is 7.90. The Kier molecular flexibility index (Phi) is 6.07. The van der Waals surface area contributed by atoms with Gasteiger partial charge in [-0.2, -0.15) is 13.2 Å². The average Bonchev–Trinajstić information content (AvgIpc) is 2.54. The van der Waals surface area contributed by atoms with E-state index in [-0.39, 0.29) is 5.56 Å². The zero-order valence-corrected chi connectivity index (χ0v) is 14.8. The Bertz CT molecular complexity index is 858. The van der Waals surface area contributed by atoms with Crippen LogP contribution in [0.5, 0.6) is 0 Å². The highest BCUT2D eigenvalue weighted by Crippen LogP contribution is 2.29. The molecule has 0 fully saturated rings. The number of carbonyl (C=O) groups is 1. The largest absolute Gasteiger partial charge is 0.416 e. The first-order valence-electron chi connectivity index (χ1n) is 7.84. The van der Waals surface area contributed by atoms with Crippen molar-refractivity contribution in [1.82, 2.24) is 0 Å². The lowest BCUT2D eigenvalue weighted by atomic mass is 10.1. The van der Waals surface area contributed by atoms with Crippen LogP contribution in [0.4, 0.5) is 18.9 Å². The number of amides is 1. The van der Waals surface area contributed by atoms with Crippen LogP contribution in [0, 0.1) is 0 Å². The Labute approximate surface area is 150 Å². The van der Waals surface area contributed by atoms with E-state index in [0.29, 0.717) is 5.69 Å². The maximum atomic E-state index is 12.5. The SMILES string of the molecule is CCc1ccc(NC(=O)CS(=O)(=O)Cc2ccc(C(F)(F)F)cc2)cc1. The van der Waals surface area contributed by atoms with E-state index < -0.39 is 39.0 Å². The number of halogens is 3. The normalized spacial score (nSPS) is 12.0. The van der Waals surface area contributed by atoms with Crippen LogP contribution in [0.1, 0.15) is 23.6 Å². The minimum atomic E-state index is -4.48. The maximum Gasteiger partial charge on any atom is 0.416 e. The Balaban J connectivity index is 1.97. The third-order valence-electron chi connectivity index (χ3n) is 3.66. The van der Waals surface area contributed by atoms with Gasteiger partial charge in [0.05, 0.1) is 11.3 Å². The zero-order valence-electron chi connectivity index (χ0n) is 14.0. The molecule has 8 heteroatoms. The molecule has 0 spiro atoms. The summed E-state index contributed by atoms with van der Waals surface area (Å²) in [5, 5.41) is 2.50. The Morgan fingerprint density at radius 1 is 0.962 bits per heavy atom. The second-order valence-corrected chi connectivity index (χ2v) is 7.89. The maximum absolute atomic E-state index is 12.5. The van der Waals surface area contributed by atoms with E-state index in [1.165, 1.54) is 0 Å². The lowest BCUT2D eigenvalue weighted by Gasteiger charge is -2.09. The molecule has 0 aliphatic rings. The smallest absolute Gasteiger partial charge is 0.325 e. The fraction of sp³-hybridized carbons (Fsp3) is 0.278. The summed E-state index contributed by atoms with van der Waals surface area (Å²) in [7, 11) is -3.81. The van der Waals surface area contributed by atoms with Crippen LogP contribution in [0.25, 0.3) is 0 Å². The third-order valence-corrected chi connectivity index (χ3v) is 5.14. The standard InChI is InChI=1S/C18H18F3NO3S/c1-2-13-5-9-16(10-6-13)22-17(23)12-26(24,25)11-14-3-7-15(8-4-14)18(19,20)21/h3-10H,2,11-12H2,1H3,(H,22,23). The quantitative estimate of drug-likeness (QED) is 0.822. The molecule has 0 aliphatic carbocycles. The molecule has 0 saturated heterocycles. The van der Waals surface area contributed by atoms with Crippen molar-refractivity contribution in [2.75, 3.05) is 11.1 Å². The number of aryl methyl sites for hydroxylation is 1. The molecule has 0 aliphatic heterocycles. The van der Waals surface area contributed by atoms with Crippen molar-refractivity contribution in [2.24, 2.45) is 0 Å². The van der Waals surface area contributed by atoms with Gasteiger partial charge in [-0.25, -0.2) is 8.42 Å². The Hall–Kier alpha value is -2.35. The van der Waals surface area contributed by atoms with E-state index >= 15 is 0 Å². The molecule has 1 amide bonds. The third kappa shape index (κ3) is 5.87. The van der Waals surface area contributed by atoms with Crippen molar-refractivity contribution < 1.29 is 26.4 Å². The number of anilines is 1. The molecule has 1 N–H and O–H groups in total. The van der Waals surface area contributed by atoms with E-state index in [9.17, 15) is 26.4 Å². The number of hydrogen-bond donors (Lipinski definition) is 1. The summed E-state index contributed by atoms with van der Waals surface area (Å²) in [6, 6.07) is 10.8. The number of hydrogen-bond acceptors (Lipinski definition) is 3. The van der Waals surface area contributed by atoms with Gasteiger partial charge in [0.15, 0.2) is 9.84 Å². The van der Waals surface area contributed by atoms with E-state index in [1.54, 1.807) is 12.1 Å². The van der Waals surface area contributed by atoms with Gasteiger partial charge in [0, 0.05) is 5.69 Å². The molecule has 0 aromatic heterocycles. The summed E-state index contributed by atoms with van der Waals surface area (Å²) in [5.41, 5.74) is 0.903. The molecule has 2 rings (SSSR count). The van der Waals surface area contributed by atoms with E-state index in [2.05, 4.69) is 5.32 Å². The van der Waals surface area contributed by atoms with E-state index in [4.69, 9.17) is 0 Å². The summed E-state index contributed by atoms with van der Waals surface area (Å²) >= 11 is 0. The van der Waals surface area contributed by atoms with E-state index in [0.717, 1.165) is 36.2 Å². The van der Waals surface area contributed by atoms with Gasteiger partial charge in [0.2, 0.25) is 5.91 Å². The number of carbonyl (C=O) groups excluding carboxylic acids is 1. The number of alkyl halides is 3. The lowest BCUT2D eigenvalue weighted by molar-refractivity contribution is -0.137. The molecule has 0 bridgehead atoms. The summed E-state index contributed by atoms with van der Waals surface area (Å²) in [6.45, 7) is 1.99. The summed E-state index contributed by atoms with van der Waals surface area (Å²) in [5.74, 6) is -1.95. The minimum Gasteiger partial charge on any atom is -0.325 e. The van der Waals surface area contributed by atoms with Gasteiger partial charge in [-0.05, 0) is 41.8 Å². The number of benzene rings is 2. The first kappa shape index (κ1) is 20.0. The summed E-state index contributed by atoms with van der Waals surface area (Å²) in [4.78, 5) is 11.9. The molecular weight excluding hydrogens is 367 g/mol. The van der Waals surface area contributed by atoms with Crippen LogP contribution >= 0.6 is 0 Å². The molecule has 26 heavy (non-hydrogen) atoms. The van der Waals surface area contributed by atoms with Crippen molar-refractivity contribution in [2.45, 2.75) is 25.3 Å². The molecule has 0 heterocycles. The number of nitrogens with one attached hydrogen (secondary N) is 1. The highest BCUT2D eigenvalue weighted by molar-refractivity contribution is 7.91. The van der Waals surface area contributed by atoms with Crippen molar-refractivity contribution in [3.63, 3.8) is 0 Å². The minimum absolute atomic E-state index is 0.193. The van der Waals surface area contributed by atoms with E-state index in [1.807, 2.05) is 19.1 Å². The van der Waals surface area contributed by atoms with Crippen LogP contribution in [-0.4, -0.2) is 20.1 Å². The van der Waals surface area contributed by atoms with Crippen molar-refractivity contribution in [3.05, 3.63) is 65.2 Å². The molecule has 0 radical (unpaired) electrons. The van der Waals surface area contributed by atoms with Gasteiger partial charge in [0.1, 0.15) is 5.75 Å². The fourth-order valence-corrected chi connectivity index (χ4v) is 3.59. The molecule has 2 aromatic carbocycles. The van der Waals surface area contributed by atoms with Crippen molar-refractivity contribution in [3.8, 4) is 0 Å².